The van der Waals surface area contributed by atoms with Gasteiger partial charge in [0.25, 0.3) is 11.6 Å². The maximum atomic E-state index is 12.4. The van der Waals surface area contributed by atoms with E-state index in [1.807, 2.05) is 0 Å². The van der Waals surface area contributed by atoms with E-state index in [0.717, 1.165) is 6.42 Å². The van der Waals surface area contributed by atoms with Crippen LogP contribution in [-0.2, 0) is 0 Å². The molecule has 1 aliphatic heterocycles. The summed E-state index contributed by atoms with van der Waals surface area (Å²) in [6.07, 6.45) is 0.982. The fourth-order valence-corrected chi connectivity index (χ4v) is 2.33. The Bertz CT molecular complexity index is 516. The van der Waals surface area contributed by atoms with Gasteiger partial charge in [-0.1, -0.05) is 6.92 Å². The smallest absolute Gasteiger partial charge is 0.270 e. The molecule has 102 valence electrons. The number of carbonyl (C=O) groups is 1. The van der Waals surface area contributed by atoms with Gasteiger partial charge >= 0.3 is 0 Å². The molecular weight excluding hydrogens is 246 g/mol. The van der Waals surface area contributed by atoms with Gasteiger partial charge in [-0.2, -0.15) is 0 Å². The Hall–Kier alpha value is -2.11. The summed E-state index contributed by atoms with van der Waals surface area (Å²) in [4.78, 5) is 24.5. The van der Waals surface area contributed by atoms with Crippen LogP contribution in [0, 0.1) is 16.0 Å². The van der Waals surface area contributed by atoms with Crippen LogP contribution in [0.25, 0.3) is 0 Å². The summed E-state index contributed by atoms with van der Waals surface area (Å²) in [5.41, 5.74) is 0.926. The lowest BCUT2D eigenvalue weighted by molar-refractivity contribution is -0.384. The molecular formula is C13H17N3O3. The number of amides is 1. The van der Waals surface area contributed by atoms with Gasteiger partial charge in [-0.15, -0.1) is 0 Å². The van der Waals surface area contributed by atoms with Gasteiger partial charge in [0.15, 0.2) is 0 Å². The van der Waals surface area contributed by atoms with Gasteiger partial charge in [0, 0.05) is 38.0 Å². The van der Waals surface area contributed by atoms with E-state index in [4.69, 9.17) is 0 Å². The molecule has 1 unspecified atom stereocenters. The predicted octanol–water partition coefficient (Wildman–Crippen LogP) is 2.12. The first kappa shape index (κ1) is 13.3. The first-order valence-electron chi connectivity index (χ1n) is 6.28. The Balaban J connectivity index is 2.33. The number of anilines is 1. The largest absolute Gasteiger partial charge is 0.387 e. The third kappa shape index (κ3) is 2.67. The van der Waals surface area contributed by atoms with Crippen LogP contribution in [0.4, 0.5) is 11.4 Å². The summed E-state index contributed by atoms with van der Waals surface area (Å²) in [5, 5.41) is 13.7. The highest BCUT2D eigenvalue weighted by atomic mass is 16.6. The van der Waals surface area contributed by atoms with Crippen LogP contribution in [0.1, 0.15) is 23.7 Å². The average Bonchev–Trinajstić information content (AvgIpc) is 2.83. The monoisotopic (exact) mass is 263 g/mol. The molecule has 1 aromatic rings. The van der Waals surface area contributed by atoms with Crippen molar-refractivity contribution in [2.45, 2.75) is 13.3 Å². The second-order valence-electron chi connectivity index (χ2n) is 4.88. The number of benzene rings is 1. The van der Waals surface area contributed by atoms with Crippen molar-refractivity contribution in [1.82, 2.24) is 4.90 Å². The number of hydrogen-bond donors (Lipinski definition) is 1. The van der Waals surface area contributed by atoms with E-state index in [0.29, 0.717) is 30.3 Å². The van der Waals surface area contributed by atoms with Crippen molar-refractivity contribution in [2.24, 2.45) is 5.92 Å². The summed E-state index contributed by atoms with van der Waals surface area (Å²) in [6.45, 7) is 3.52. The first-order chi connectivity index (χ1) is 9.02. The molecule has 1 aliphatic rings. The van der Waals surface area contributed by atoms with E-state index >= 15 is 0 Å². The molecule has 1 fully saturated rings. The average molecular weight is 263 g/mol. The maximum absolute atomic E-state index is 12.4. The standard InChI is InChI=1S/C13H17N3O3/c1-9-5-6-15(8-9)13(17)11-7-10(16(18)19)3-4-12(11)14-2/h3-4,7,9,14H,5-6,8H2,1-2H3. The van der Waals surface area contributed by atoms with E-state index < -0.39 is 4.92 Å². The van der Waals surface area contributed by atoms with Crippen LogP contribution in [0.5, 0.6) is 0 Å². The number of carbonyl (C=O) groups excluding carboxylic acids is 1. The highest BCUT2D eigenvalue weighted by molar-refractivity contribution is 6.00. The summed E-state index contributed by atoms with van der Waals surface area (Å²) in [7, 11) is 1.70. The van der Waals surface area contributed by atoms with Crippen LogP contribution in [0.15, 0.2) is 18.2 Å². The molecule has 0 saturated carbocycles. The lowest BCUT2D eigenvalue weighted by Gasteiger charge is -2.17. The number of likely N-dealkylation sites (tertiary alicyclic amines) is 1. The second kappa shape index (κ2) is 5.26. The predicted molar refractivity (Wildman–Crippen MR) is 72.3 cm³/mol. The molecule has 19 heavy (non-hydrogen) atoms. The molecule has 0 spiro atoms. The summed E-state index contributed by atoms with van der Waals surface area (Å²) >= 11 is 0. The van der Waals surface area contributed by atoms with Gasteiger partial charge < -0.3 is 10.2 Å². The molecule has 1 atom stereocenters. The zero-order valence-electron chi connectivity index (χ0n) is 11.0. The quantitative estimate of drug-likeness (QED) is 0.669. The van der Waals surface area contributed by atoms with E-state index in [1.165, 1.54) is 12.1 Å². The van der Waals surface area contributed by atoms with Crippen molar-refractivity contribution >= 4 is 17.3 Å². The SMILES string of the molecule is CNc1ccc([N+](=O)[O-])cc1C(=O)N1CCC(C)C1. The third-order valence-corrected chi connectivity index (χ3v) is 3.42. The second-order valence-corrected chi connectivity index (χ2v) is 4.88. The molecule has 0 bridgehead atoms. The van der Waals surface area contributed by atoms with Crippen molar-refractivity contribution in [2.75, 3.05) is 25.5 Å². The van der Waals surface area contributed by atoms with Crippen molar-refractivity contribution in [3.05, 3.63) is 33.9 Å². The van der Waals surface area contributed by atoms with Gasteiger partial charge in [0.2, 0.25) is 0 Å². The molecule has 0 aromatic heterocycles. The van der Waals surface area contributed by atoms with Gasteiger partial charge in [-0.05, 0) is 18.4 Å². The van der Waals surface area contributed by atoms with Crippen LogP contribution in [0.2, 0.25) is 0 Å². The molecule has 0 radical (unpaired) electrons. The zero-order chi connectivity index (χ0) is 14.0. The van der Waals surface area contributed by atoms with Gasteiger partial charge in [0.1, 0.15) is 0 Å². The van der Waals surface area contributed by atoms with Crippen LogP contribution in [0.3, 0.4) is 0 Å². The molecule has 6 nitrogen and oxygen atoms in total. The summed E-state index contributed by atoms with van der Waals surface area (Å²) in [5.74, 6) is 0.345. The molecule has 6 heteroatoms. The fraction of sp³-hybridized carbons (Fsp3) is 0.462. The van der Waals surface area contributed by atoms with Gasteiger partial charge in [-0.3, -0.25) is 14.9 Å². The minimum Gasteiger partial charge on any atom is -0.387 e. The molecule has 2 rings (SSSR count). The van der Waals surface area contributed by atoms with Crippen molar-refractivity contribution in [1.29, 1.82) is 0 Å². The lowest BCUT2D eigenvalue weighted by atomic mass is 10.1. The lowest BCUT2D eigenvalue weighted by Crippen LogP contribution is -2.29. The molecule has 1 heterocycles. The van der Waals surface area contributed by atoms with Crippen LogP contribution in [-0.4, -0.2) is 35.9 Å². The molecule has 1 saturated heterocycles. The minimum absolute atomic E-state index is 0.0606. The Morgan fingerprint density at radius 2 is 2.26 bits per heavy atom. The maximum Gasteiger partial charge on any atom is 0.270 e. The summed E-state index contributed by atoms with van der Waals surface area (Å²) < 4.78 is 0. The van der Waals surface area contributed by atoms with Crippen LogP contribution < -0.4 is 5.32 Å². The normalized spacial score (nSPS) is 18.4. The van der Waals surface area contributed by atoms with Gasteiger partial charge in [0.05, 0.1) is 10.5 Å². The number of nitrogens with zero attached hydrogens (tertiary/aromatic N) is 2. The van der Waals surface area contributed by atoms with Crippen molar-refractivity contribution in [3.63, 3.8) is 0 Å². The topological polar surface area (TPSA) is 75.5 Å². The Labute approximate surface area is 111 Å². The van der Waals surface area contributed by atoms with E-state index in [9.17, 15) is 14.9 Å². The molecule has 1 aromatic carbocycles. The number of non-ortho nitro benzene ring substituents is 1. The summed E-state index contributed by atoms with van der Waals surface area (Å²) in [6, 6.07) is 4.32. The Kier molecular flexibility index (Phi) is 3.69. The zero-order valence-corrected chi connectivity index (χ0v) is 11.0. The molecule has 1 N–H and O–H groups in total. The minimum atomic E-state index is -0.483. The first-order valence-corrected chi connectivity index (χ1v) is 6.28. The van der Waals surface area contributed by atoms with Gasteiger partial charge in [-0.25, -0.2) is 0 Å². The Morgan fingerprint density at radius 3 is 2.79 bits per heavy atom. The molecule has 0 aliphatic carbocycles. The van der Waals surface area contributed by atoms with E-state index in [1.54, 1.807) is 18.0 Å². The number of rotatable bonds is 3. The van der Waals surface area contributed by atoms with Crippen molar-refractivity contribution < 1.29 is 9.72 Å². The third-order valence-electron chi connectivity index (χ3n) is 3.42. The van der Waals surface area contributed by atoms with E-state index in [-0.39, 0.29) is 11.6 Å². The highest BCUT2D eigenvalue weighted by Crippen LogP contribution is 2.25. The number of nitro benzene ring substituents is 1. The number of hydrogen-bond acceptors (Lipinski definition) is 4. The number of nitrogens with one attached hydrogen (secondary N) is 1. The molecule has 1 amide bonds. The fourth-order valence-electron chi connectivity index (χ4n) is 2.33. The highest BCUT2D eigenvalue weighted by Gasteiger charge is 2.26. The number of nitro groups is 1. The van der Waals surface area contributed by atoms with Crippen molar-refractivity contribution in [3.8, 4) is 0 Å². The van der Waals surface area contributed by atoms with Crippen LogP contribution >= 0.6 is 0 Å². The Morgan fingerprint density at radius 1 is 1.53 bits per heavy atom. The van der Waals surface area contributed by atoms with E-state index in [2.05, 4.69) is 12.2 Å².